The van der Waals surface area contributed by atoms with Gasteiger partial charge in [-0.25, -0.2) is 0 Å². The van der Waals surface area contributed by atoms with E-state index in [0.717, 1.165) is 6.54 Å². The number of benzene rings is 2. The molecule has 1 nitrogen and oxygen atoms in total. The van der Waals surface area contributed by atoms with Gasteiger partial charge in [0.25, 0.3) is 0 Å². The van der Waals surface area contributed by atoms with Crippen molar-refractivity contribution in [2.75, 3.05) is 0 Å². The molecule has 23 heavy (non-hydrogen) atoms. The highest BCUT2D eigenvalue weighted by Crippen LogP contribution is 2.28. The van der Waals surface area contributed by atoms with Crippen LogP contribution in [0.4, 0.5) is 0 Å². The molecule has 128 valence electrons. The van der Waals surface area contributed by atoms with Gasteiger partial charge in [0.05, 0.1) is 0 Å². The topological polar surface area (TPSA) is 4.93 Å². The Morgan fingerprint density at radius 3 is 1.22 bits per heavy atom. The number of nitrogens with zero attached hydrogens (tertiary/aromatic N) is 1. The predicted molar refractivity (Wildman–Crippen MR) is 108 cm³/mol. The van der Waals surface area contributed by atoms with E-state index in [-0.39, 0.29) is 0 Å². The van der Waals surface area contributed by atoms with Crippen LogP contribution in [0.5, 0.6) is 0 Å². The molecule has 1 heteroatoms. The molecule has 0 spiro atoms. The number of para-hydroxylation sites is 2. The summed E-state index contributed by atoms with van der Waals surface area (Å²) in [5, 5.41) is 2.71. The SMILES string of the molecule is CC.CCC.CCC.CCn1c2ccccc2c2ccccc21. The van der Waals surface area contributed by atoms with Gasteiger partial charge in [-0.3, -0.25) is 0 Å². The van der Waals surface area contributed by atoms with E-state index in [9.17, 15) is 0 Å². The van der Waals surface area contributed by atoms with Crippen molar-refractivity contribution in [1.82, 2.24) is 4.57 Å². The van der Waals surface area contributed by atoms with E-state index in [0.29, 0.717) is 0 Å². The molecule has 1 heterocycles. The molecule has 2 aromatic carbocycles. The second kappa shape index (κ2) is 12.8. The van der Waals surface area contributed by atoms with Crippen LogP contribution in [0.25, 0.3) is 21.8 Å². The van der Waals surface area contributed by atoms with Crippen molar-refractivity contribution in [2.45, 2.75) is 67.9 Å². The lowest BCUT2D eigenvalue weighted by Crippen LogP contribution is -1.91. The van der Waals surface area contributed by atoms with Crippen molar-refractivity contribution in [2.24, 2.45) is 0 Å². The zero-order chi connectivity index (χ0) is 17.7. The minimum absolute atomic E-state index is 1.02. The fourth-order valence-corrected chi connectivity index (χ4v) is 2.34. The first-order valence-corrected chi connectivity index (χ1v) is 9.20. The molecule has 0 aliphatic heterocycles. The Bertz CT molecular complexity index is 594. The van der Waals surface area contributed by atoms with Gasteiger partial charge in [-0.1, -0.05) is 90.8 Å². The molecular formula is C22H35N. The number of rotatable bonds is 1. The summed E-state index contributed by atoms with van der Waals surface area (Å²) in [6.45, 7) is 15.7. The predicted octanol–water partition coefficient (Wildman–Crippen LogP) is 7.67. The van der Waals surface area contributed by atoms with E-state index in [1.54, 1.807) is 0 Å². The average molecular weight is 314 g/mol. The summed E-state index contributed by atoms with van der Waals surface area (Å²) < 4.78 is 2.37. The van der Waals surface area contributed by atoms with Gasteiger partial charge in [-0.2, -0.15) is 0 Å². The summed E-state index contributed by atoms with van der Waals surface area (Å²) in [5.74, 6) is 0. The zero-order valence-corrected chi connectivity index (χ0v) is 16.2. The average Bonchev–Trinajstić information content (AvgIpc) is 2.92. The molecule has 0 bridgehead atoms. The van der Waals surface area contributed by atoms with Crippen LogP contribution in [0.2, 0.25) is 0 Å². The van der Waals surface area contributed by atoms with Gasteiger partial charge < -0.3 is 4.57 Å². The number of hydrogen-bond donors (Lipinski definition) is 0. The van der Waals surface area contributed by atoms with Gasteiger partial charge in [-0.15, -0.1) is 0 Å². The number of aryl methyl sites for hydroxylation is 1. The quantitative estimate of drug-likeness (QED) is 0.434. The largest absolute Gasteiger partial charge is 0.341 e. The first-order chi connectivity index (χ1) is 11.2. The number of fused-ring (bicyclic) bond motifs is 3. The Morgan fingerprint density at radius 2 is 0.913 bits per heavy atom. The van der Waals surface area contributed by atoms with Gasteiger partial charge in [0.2, 0.25) is 0 Å². The van der Waals surface area contributed by atoms with Gasteiger partial charge >= 0.3 is 0 Å². The highest BCUT2D eigenvalue weighted by molar-refractivity contribution is 6.07. The Balaban J connectivity index is 0.000000522. The highest BCUT2D eigenvalue weighted by atomic mass is 15.0. The molecule has 0 saturated carbocycles. The summed E-state index contributed by atoms with van der Waals surface area (Å²) in [4.78, 5) is 0. The molecule has 0 atom stereocenters. The van der Waals surface area contributed by atoms with Crippen molar-refractivity contribution in [3.8, 4) is 0 Å². The van der Waals surface area contributed by atoms with Crippen LogP contribution in [-0.2, 0) is 6.54 Å². The standard InChI is InChI=1S/C14H13N.2C3H8.C2H6/c1-2-15-13-9-5-3-7-11(13)12-8-4-6-10-14(12)15;2*1-3-2;1-2/h3-10H,2H2,1H3;2*3H2,1-2H3;1-2H3. The van der Waals surface area contributed by atoms with Gasteiger partial charge in [0.15, 0.2) is 0 Å². The normalized spacial score (nSPS) is 9.17. The van der Waals surface area contributed by atoms with Crippen molar-refractivity contribution >= 4 is 21.8 Å². The highest BCUT2D eigenvalue weighted by Gasteiger charge is 2.06. The van der Waals surface area contributed by atoms with Crippen molar-refractivity contribution in [3.63, 3.8) is 0 Å². The van der Waals surface area contributed by atoms with Crippen LogP contribution >= 0.6 is 0 Å². The third-order valence-corrected chi connectivity index (χ3v) is 3.00. The van der Waals surface area contributed by atoms with Gasteiger partial charge in [0, 0.05) is 28.4 Å². The lowest BCUT2D eigenvalue weighted by molar-refractivity contribution is 0.827. The van der Waals surface area contributed by atoms with Crippen molar-refractivity contribution < 1.29 is 0 Å². The molecule has 0 fully saturated rings. The summed E-state index contributed by atoms with van der Waals surface area (Å²) in [7, 11) is 0. The van der Waals surface area contributed by atoms with E-state index in [4.69, 9.17) is 0 Å². The molecule has 0 aliphatic carbocycles. The first-order valence-electron chi connectivity index (χ1n) is 9.20. The molecule has 0 saturated heterocycles. The van der Waals surface area contributed by atoms with E-state index in [1.807, 2.05) is 13.8 Å². The fraction of sp³-hybridized carbons (Fsp3) is 0.455. The van der Waals surface area contributed by atoms with Crippen LogP contribution in [-0.4, -0.2) is 4.57 Å². The Morgan fingerprint density at radius 1 is 0.609 bits per heavy atom. The molecule has 0 amide bonds. The number of hydrogen-bond acceptors (Lipinski definition) is 0. The van der Waals surface area contributed by atoms with E-state index in [1.165, 1.54) is 34.6 Å². The molecule has 3 aromatic rings. The van der Waals surface area contributed by atoms with Crippen LogP contribution in [0.1, 0.15) is 61.3 Å². The van der Waals surface area contributed by atoms with Crippen molar-refractivity contribution in [3.05, 3.63) is 48.5 Å². The Kier molecular flexibility index (Phi) is 11.8. The minimum Gasteiger partial charge on any atom is -0.341 e. The molecule has 1 aromatic heterocycles. The maximum atomic E-state index is 2.37. The minimum atomic E-state index is 1.02. The van der Waals surface area contributed by atoms with Crippen LogP contribution in [0.15, 0.2) is 48.5 Å². The summed E-state index contributed by atoms with van der Waals surface area (Å²) >= 11 is 0. The van der Waals surface area contributed by atoms with Crippen LogP contribution < -0.4 is 0 Å². The molecule has 0 N–H and O–H groups in total. The summed E-state index contributed by atoms with van der Waals surface area (Å²) in [6.07, 6.45) is 2.50. The second-order valence-corrected chi connectivity index (χ2v) is 5.19. The van der Waals surface area contributed by atoms with Crippen molar-refractivity contribution in [1.29, 1.82) is 0 Å². The van der Waals surface area contributed by atoms with Gasteiger partial charge in [-0.05, 0) is 19.1 Å². The molecule has 0 radical (unpaired) electrons. The fourth-order valence-electron chi connectivity index (χ4n) is 2.34. The molecule has 3 rings (SSSR count). The lowest BCUT2D eigenvalue weighted by Gasteiger charge is -2.01. The lowest BCUT2D eigenvalue weighted by atomic mass is 10.2. The molecular weight excluding hydrogens is 278 g/mol. The van der Waals surface area contributed by atoms with Crippen LogP contribution in [0.3, 0.4) is 0 Å². The van der Waals surface area contributed by atoms with E-state index >= 15 is 0 Å². The first kappa shape index (κ1) is 21.2. The number of aromatic nitrogens is 1. The summed E-state index contributed by atoms with van der Waals surface area (Å²) in [5.41, 5.74) is 2.67. The third-order valence-electron chi connectivity index (χ3n) is 3.00. The van der Waals surface area contributed by atoms with E-state index in [2.05, 4.69) is 87.7 Å². The van der Waals surface area contributed by atoms with E-state index < -0.39 is 0 Å². The smallest absolute Gasteiger partial charge is 0.0491 e. The second-order valence-electron chi connectivity index (χ2n) is 5.19. The maximum absolute atomic E-state index is 2.37. The third kappa shape index (κ3) is 5.74. The zero-order valence-electron chi connectivity index (χ0n) is 16.2. The van der Waals surface area contributed by atoms with Crippen LogP contribution in [0, 0.1) is 0 Å². The Hall–Kier alpha value is -1.76. The van der Waals surface area contributed by atoms with Gasteiger partial charge in [0.1, 0.15) is 0 Å². The molecule has 0 aliphatic rings. The maximum Gasteiger partial charge on any atom is 0.0491 e. The summed E-state index contributed by atoms with van der Waals surface area (Å²) in [6, 6.07) is 17.2. The monoisotopic (exact) mass is 313 g/mol. The molecule has 0 unspecified atom stereocenters. The Labute approximate surface area is 143 Å².